The van der Waals surface area contributed by atoms with Crippen molar-refractivity contribution >= 4 is 42.8 Å². The first-order valence-electron chi connectivity index (χ1n) is 6.21. The molecule has 0 atom stereocenters. The number of nitrogens with zero attached hydrogens (tertiary/aromatic N) is 1. The number of para-hydroxylation sites is 2. The Bertz CT molecular complexity index is 991. The number of rotatable bonds is 2. The lowest BCUT2D eigenvalue weighted by molar-refractivity contribution is 0.409. The van der Waals surface area contributed by atoms with E-state index in [0.29, 0.717) is 20.4 Å². The fraction of sp³-hybridized carbons (Fsp3) is 0.0667. The van der Waals surface area contributed by atoms with Crippen LogP contribution in [-0.4, -0.2) is 11.7 Å². The van der Waals surface area contributed by atoms with Gasteiger partial charge in [-0.3, -0.25) is 4.79 Å². The number of ether oxygens (including phenoxy) is 1. The van der Waals surface area contributed by atoms with Gasteiger partial charge in [0.2, 0.25) is 0 Å². The minimum Gasteiger partial charge on any atom is -0.495 e. The molecule has 1 heterocycles. The lowest BCUT2D eigenvalue weighted by Gasteiger charge is -2.10. The van der Waals surface area contributed by atoms with Crippen LogP contribution in [0.4, 0.5) is 0 Å². The van der Waals surface area contributed by atoms with E-state index in [4.69, 9.17) is 9.15 Å². The Morgan fingerprint density at radius 2 is 1.86 bits per heavy atom. The van der Waals surface area contributed by atoms with Crippen molar-refractivity contribution in [3.8, 4) is 11.4 Å². The van der Waals surface area contributed by atoms with Crippen molar-refractivity contribution in [1.82, 2.24) is 4.57 Å². The molecule has 5 nitrogen and oxygen atoms in total. The lowest BCUT2D eigenvalue weighted by Crippen LogP contribution is -2.31. The summed E-state index contributed by atoms with van der Waals surface area (Å²) in [5.74, 6) is -0.365. The van der Waals surface area contributed by atoms with Crippen LogP contribution in [0.1, 0.15) is 0 Å². The number of benzene rings is 2. The quantitative estimate of drug-likeness (QED) is 0.629. The van der Waals surface area contributed by atoms with Crippen LogP contribution in [0.5, 0.6) is 5.75 Å². The Hall–Kier alpha value is -1.86. The Morgan fingerprint density at radius 1 is 1.14 bits per heavy atom. The van der Waals surface area contributed by atoms with Crippen molar-refractivity contribution in [2.45, 2.75) is 0 Å². The molecule has 0 radical (unpaired) electrons. The highest BCUT2D eigenvalue weighted by Crippen LogP contribution is 2.26. The molecule has 0 fully saturated rings. The smallest absolute Gasteiger partial charge is 0.427 e. The molecule has 0 bridgehead atoms. The molecule has 0 aliphatic rings. The summed E-state index contributed by atoms with van der Waals surface area (Å²) in [6, 6.07) is 10.1. The first-order chi connectivity index (χ1) is 10.5. The maximum atomic E-state index is 12.7. The fourth-order valence-corrected chi connectivity index (χ4v) is 3.49. The zero-order valence-corrected chi connectivity index (χ0v) is 14.5. The Morgan fingerprint density at radius 3 is 2.59 bits per heavy atom. The lowest BCUT2D eigenvalue weighted by atomic mass is 10.2. The van der Waals surface area contributed by atoms with Gasteiger partial charge in [-0.15, -0.1) is 0 Å². The van der Waals surface area contributed by atoms with Crippen molar-refractivity contribution < 1.29 is 9.15 Å². The van der Waals surface area contributed by atoms with Gasteiger partial charge >= 0.3 is 5.76 Å². The minimum absolute atomic E-state index is 0.212. The van der Waals surface area contributed by atoms with Gasteiger partial charge in [0.25, 0.3) is 5.56 Å². The minimum atomic E-state index is -0.773. The van der Waals surface area contributed by atoms with Crippen molar-refractivity contribution in [3.63, 3.8) is 0 Å². The summed E-state index contributed by atoms with van der Waals surface area (Å²) in [6.45, 7) is 0. The molecule has 0 spiro atoms. The van der Waals surface area contributed by atoms with Crippen LogP contribution in [-0.2, 0) is 0 Å². The molecule has 112 valence electrons. The highest BCUT2D eigenvalue weighted by molar-refractivity contribution is 9.11. The predicted octanol–water partition coefficient (Wildman–Crippen LogP) is 3.48. The van der Waals surface area contributed by atoms with Crippen LogP contribution < -0.4 is 16.1 Å². The summed E-state index contributed by atoms with van der Waals surface area (Å²) >= 11 is 6.61. The third-order valence-electron chi connectivity index (χ3n) is 3.14. The van der Waals surface area contributed by atoms with Gasteiger partial charge in [0.1, 0.15) is 5.75 Å². The van der Waals surface area contributed by atoms with E-state index in [-0.39, 0.29) is 11.0 Å². The first kappa shape index (κ1) is 15.1. The standard InChI is InChI=1S/C15H9Br2NO4/c1-21-12-5-3-2-4-11(12)18-14(19)9-6-8(16)7-10(17)13(9)22-15(18)20/h2-7H,1H3. The maximum absolute atomic E-state index is 12.7. The summed E-state index contributed by atoms with van der Waals surface area (Å²) < 4.78 is 12.7. The van der Waals surface area contributed by atoms with Gasteiger partial charge in [-0.05, 0) is 40.2 Å². The van der Waals surface area contributed by atoms with E-state index in [9.17, 15) is 9.59 Å². The fourth-order valence-electron chi connectivity index (χ4n) is 2.18. The molecule has 3 aromatic rings. The van der Waals surface area contributed by atoms with E-state index < -0.39 is 11.3 Å². The van der Waals surface area contributed by atoms with Crippen LogP contribution in [0.15, 0.2) is 59.3 Å². The molecular formula is C15H9Br2NO4. The summed E-state index contributed by atoms with van der Waals surface area (Å²) in [5.41, 5.74) is 0.0730. The van der Waals surface area contributed by atoms with Crippen molar-refractivity contribution in [2.24, 2.45) is 0 Å². The average Bonchev–Trinajstić information content (AvgIpc) is 2.49. The number of halogens is 2. The van der Waals surface area contributed by atoms with E-state index >= 15 is 0 Å². The van der Waals surface area contributed by atoms with Gasteiger partial charge in [-0.1, -0.05) is 28.1 Å². The molecule has 0 amide bonds. The second-order valence-corrected chi connectivity index (χ2v) is 6.21. The van der Waals surface area contributed by atoms with Crippen LogP contribution in [0, 0.1) is 0 Å². The van der Waals surface area contributed by atoms with E-state index in [1.807, 2.05) is 0 Å². The average molecular weight is 427 g/mol. The van der Waals surface area contributed by atoms with Gasteiger partial charge in [0.15, 0.2) is 5.58 Å². The zero-order valence-electron chi connectivity index (χ0n) is 11.3. The molecule has 1 aromatic heterocycles. The molecule has 7 heteroatoms. The predicted molar refractivity (Wildman–Crippen MR) is 90.0 cm³/mol. The second kappa shape index (κ2) is 5.73. The molecule has 2 aromatic carbocycles. The van der Waals surface area contributed by atoms with Crippen LogP contribution >= 0.6 is 31.9 Å². The summed E-state index contributed by atoms with van der Waals surface area (Å²) in [7, 11) is 1.47. The third-order valence-corrected chi connectivity index (χ3v) is 4.19. The van der Waals surface area contributed by atoms with E-state index in [1.54, 1.807) is 36.4 Å². The highest BCUT2D eigenvalue weighted by atomic mass is 79.9. The number of hydrogen-bond acceptors (Lipinski definition) is 4. The van der Waals surface area contributed by atoms with Gasteiger partial charge in [0, 0.05) is 4.47 Å². The van der Waals surface area contributed by atoms with Crippen molar-refractivity contribution in [1.29, 1.82) is 0 Å². The van der Waals surface area contributed by atoms with Gasteiger partial charge in [-0.2, -0.15) is 0 Å². The van der Waals surface area contributed by atoms with Gasteiger partial charge in [-0.25, -0.2) is 9.36 Å². The zero-order chi connectivity index (χ0) is 15.9. The monoisotopic (exact) mass is 425 g/mol. The molecule has 0 saturated heterocycles. The Labute approximate surface area is 141 Å². The Kier molecular flexibility index (Phi) is 3.92. The van der Waals surface area contributed by atoms with Crippen LogP contribution in [0.3, 0.4) is 0 Å². The highest BCUT2D eigenvalue weighted by Gasteiger charge is 2.16. The SMILES string of the molecule is COc1ccccc1-n1c(=O)oc2c(Br)cc(Br)cc2c1=O. The molecule has 0 N–H and O–H groups in total. The summed E-state index contributed by atoms with van der Waals surface area (Å²) in [4.78, 5) is 25.0. The van der Waals surface area contributed by atoms with E-state index in [1.165, 1.54) is 7.11 Å². The van der Waals surface area contributed by atoms with Crippen LogP contribution in [0.2, 0.25) is 0 Å². The number of aromatic nitrogens is 1. The molecule has 0 aliphatic heterocycles. The number of methoxy groups -OCH3 is 1. The Balaban J connectivity index is 2.46. The van der Waals surface area contributed by atoms with E-state index in [2.05, 4.69) is 31.9 Å². The van der Waals surface area contributed by atoms with Crippen LogP contribution in [0.25, 0.3) is 16.7 Å². The largest absolute Gasteiger partial charge is 0.495 e. The number of hydrogen-bond donors (Lipinski definition) is 0. The van der Waals surface area contributed by atoms with E-state index in [0.717, 1.165) is 4.57 Å². The molecule has 0 saturated carbocycles. The van der Waals surface area contributed by atoms with Gasteiger partial charge < -0.3 is 9.15 Å². The molecular weight excluding hydrogens is 418 g/mol. The maximum Gasteiger partial charge on any atom is 0.427 e. The third kappa shape index (κ3) is 2.40. The van der Waals surface area contributed by atoms with Gasteiger partial charge in [0.05, 0.1) is 22.7 Å². The van der Waals surface area contributed by atoms with Crippen molar-refractivity contribution in [3.05, 3.63) is 66.2 Å². The second-order valence-electron chi connectivity index (χ2n) is 4.44. The summed E-state index contributed by atoms with van der Waals surface area (Å²) in [5, 5.41) is 0.284. The number of fused-ring (bicyclic) bond motifs is 1. The normalized spacial score (nSPS) is 10.9. The topological polar surface area (TPSA) is 61.4 Å². The molecule has 22 heavy (non-hydrogen) atoms. The molecule has 3 rings (SSSR count). The first-order valence-corrected chi connectivity index (χ1v) is 7.80. The van der Waals surface area contributed by atoms with Crippen molar-refractivity contribution in [2.75, 3.05) is 7.11 Å². The molecule has 0 unspecified atom stereocenters. The summed E-state index contributed by atoms with van der Waals surface area (Å²) in [6.07, 6.45) is 0. The molecule has 0 aliphatic carbocycles.